The molecule has 25 heavy (non-hydrogen) atoms. The van der Waals surface area contributed by atoms with Crippen molar-refractivity contribution in [2.45, 2.75) is 6.92 Å². The third kappa shape index (κ3) is 3.70. The number of anilines is 1. The van der Waals surface area contributed by atoms with Gasteiger partial charge in [-0.05, 0) is 42.8 Å². The average Bonchev–Trinajstić information content (AvgIpc) is 2.90. The van der Waals surface area contributed by atoms with E-state index in [0.29, 0.717) is 27.3 Å². The molecule has 1 heterocycles. The topological polar surface area (TPSA) is 38.8 Å². The van der Waals surface area contributed by atoms with Crippen LogP contribution in [-0.2, 0) is 4.79 Å². The lowest BCUT2D eigenvalue weighted by atomic mass is 10.2. The minimum absolute atomic E-state index is 0.145. The fraction of sp³-hybridized carbons (Fsp3) is 0.158. The van der Waals surface area contributed by atoms with E-state index in [1.807, 2.05) is 61.5 Å². The van der Waals surface area contributed by atoms with Gasteiger partial charge in [0.1, 0.15) is 11.5 Å². The van der Waals surface area contributed by atoms with E-state index in [4.69, 9.17) is 21.7 Å². The number of carbonyl (C=O) groups is 1. The van der Waals surface area contributed by atoms with Crippen LogP contribution in [0.2, 0.25) is 0 Å². The zero-order chi connectivity index (χ0) is 17.8. The summed E-state index contributed by atoms with van der Waals surface area (Å²) in [6.07, 6.45) is 1.84. The molecule has 1 aliphatic rings. The predicted octanol–water partition coefficient (Wildman–Crippen LogP) is 4.50. The van der Waals surface area contributed by atoms with E-state index in [-0.39, 0.29) is 5.91 Å². The van der Waals surface area contributed by atoms with Crippen LogP contribution in [0, 0.1) is 0 Å². The van der Waals surface area contributed by atoms with Crippen LogP contribution in [0.5, 0.6) is 11.5 Å². The number of methoxy groups -OCH3 is 1. The maximum Gasteiger partial charge on any atom is 0.270 e. The fourth-order valence-electron chi connectivity index (χ4n) is 2.47. The molecule has 3 rings (SSSR count). The zero-order valence-corrected chi connectivity index (χ0v) is 15.5. The SMILES string of the molecule is CCOc1ccc(/C=C2\SC(=S)N(c3ccccc3OC)C2=O)cc1. The van der Waals surface area contributed by atoms with E-state index in [2.05, 4.69) is 0 Å². The highest BCUT2D eigenvalue weighted by molar-refractivity contribution is 8.27. The summed E-state index contributed by atoms with van der Waals surface area (Å²) in [7, 11) is 1.58. The second kappa shape index (κ2) is 7.72. The molecule has 0 radical (unpaired) electrons. The minimum atomic E-state index is -0.145. The molecule has 2 aromatic carbocycles. The molecule has 1 aliphatic heterocycles. The summed E-state index contributed by atoms with van der Waals surface area (Å²) in [6.45, 7) is 2.56. The molecule has 0 unspecified atom stereocenters. The Bertz CT molecular complexity index is 831. The molecule has 1 saturated heterocycles. The van der Waals surface area contributed by atoms with Gasteiger partial charge in [0.05, 0.1) is 24.3 Å². The number of benzene rings is 2. The fourth-order valence-corrected chi connectivity index (χ4v) is 3.75. The van der Waals surface area contributed by atoms with Crippen molar-refractivity contribution >= 4 is 46.0 Å². The monoisotopic (exact) mass is 371 g/mol. The summed E-state index contributed by atoms with van der Waals surface area (Å²) < 4.78 is 11.3. The highest BCUT2D eigenvalue weighted by atomic mass is 32.2. The maximum atomic E-state index is 12.8. The lowest BCUT2D eigenvalue weighted by Crippen LogP contribution is -2.27. The maximum absolute atomic E-state index is 12.8. The Morgan fingerprint density at radius 1 is 1.16 bits per heavy atom. The van der Waals surface area contributed by atoms with Gasteiger partial charge < -0.3 is 9.47 Å². The molecular weight excluding hydrogens is 354 g/mol. The molecule has 2 aromatic rings. The van der Waals surface area contributed by atoms with Gasteiger partial charge in [-0.2, -0.15) is 0 Å². The molecule has 1 fully saturated rings. The van der Waals surface area contributed by atoms with Gasteiger partial charge in [-0.1, -0.05) is 48.2 Å². The molecule has 0 aliphatic carbocycles. The van der Waals surface area contributed by atoms with Crippen LogP contribution < -0.4 is 14.4 Å². The molecule has 6 heteroatoms. The van der Waals surface area contributed by atoms with Crippen molar-refractivity contribution in [3.05, 3.63) is 59.0 Å². The van der Waals surface area contributed by atoms with Crippen molar-refractivity contribution in [1.82, 2.24) is 0 Å². The van der Waals surface area contributed by atoms with Gasteiger partial charge in [-0.25, -0.2) is 0 Å². The molecular formula is C19H17NO3S2. The number of amides is 1. The van der Waals surface area contributed by atoms with Gasteiger partial charge in [-0.15, -0.1) is 0 Å². The first-order valence-electron chi connectivity index (χ1n) is 7.78. The quantitative estimate of drug-likeness (QED) is 0.572. The summed E-state index contributed by atoms with van der Waals surface area (Å²) in [5, 5.41) is 0. The summed E-state index contributed by atoms with van der Waals surface area (Å²) in [4.78, 5) is 14.9. The molecule has 1 amide bonds. The van der Waals surface area contributed by atoms with Crippen LogP contribution in [0.25, 0.3) is 6.08 Å². The van der Waals surface area contributed by atoms with Crippen LogP contribution >= 0.6 is 24.0 Å². The Morgan fingerprint density at radius 3 is 2.56 bits per heavy atom. The summed E-state index contributed by atoms with van der Waals surface area (Å²) in [6, 6.07) is 14.9. The largest absolute Gasteiger partial charge is 0.495 e. The summed E-state index contributed by atoms with van der Waals surface area (Å²) in [5.41, 5.74) is 1.58. The highest BCUT2D eigenvalue weighted by Gasteiger charge is 2.34. The number of para-hydroxylation sites is 2. The molecule has 0 atom stereocenters. The third-order valence-corrected chi connectivity index (χ3v) is 4.91. The Labute approximate surface area is 156 Å². The van der Waals surface area contributed by atoms with Crippen molar-refractivity contribution < 1.29 is 14.3 Å². The molecule has 0 N–H and O–H groups in total. The van der Waals surface area contributed by atoms with Crippen LogP contribution in [0.3, 0.4) is 0 Å². The first-order chi connectivity index (χ1) is 12.1. The van der Waals surface area contributed by atoms with E-state index in [1.165, 1.54) is 16.7 Å². The van der Waals surface area contributed by atoms with E-state index in [1.54, 1.807) is 7.11 Å². The lowest BCUT2D eigenvalue weighted by molar-refractivity contribution is -0.113. The van der Waals surface area contributed by atoms with Crippen molar-refractivity contribution in [2.24, 2.45) is 0 Å². The van der Waals surface area contributed by atoms with Gasteiger partial charge in [0.2, 0.25) is 0 Å². The molecule has 0 aromatic heterocycles. The number of rotatable bonds is 5. The van der Waals surface area contributed by atoms with Crippen LogP contribution in [-0.4, -0.2) is 23.9 Å². The van der Waals surface area contributed by atoms with E-state index < -0.39 is 0 Å². The van der Waals surface area contributed by atoms with Crippen molar-refractivity contribution in [2.75, 3.05) is 18.6 Å². The first-order valence-corrected chi connectivity index (χ1v) is 9.00. The molecule has 0 bridgehead atoms. The third-order valence-electron chi connectivity index (χ3n) is 3.61. The summed E-state index contributed by atoms with van der Waals surface area (Å²) in [5.74, 6) is 1.27. The van der Waals surface area contributed by atoms with Gasteiger partial charge in [0.25, 0.3) is 5.91 Å². The predicted molar refractivity (Wildman–Crippen MR) is 106 cm³/mol. The molecule has 0 saturated carbocycles. The standard InChI is InChI=1S/C19H17NO3S2/c1-3-23-14-10-8-13(9-11-14)12-17-18(21)20(19(24)25-17)15-6-4-5-7-16(15)22-2/h4-12H,3H2,1-2H3/b17-12-. The zero-order valence-electron chi connectivity index (χ0n) is 13.9. The number of hydrogen-bond donors (Lipinski definition) is 0. The Hall–Kier alpha value is -2.31. The van der Waals surface area contributed by atoms with E-state index in [0.717, 1.165) is 11.3 Å². The second-order valence-corrected chi connectivity index (χ2v) is 6.87. The number of hydrogen-bond acceptors (Lipinski definition) is 5. The van der Waals surface area contributed by atoms with Crippen molar-refractivity contribution in [3.8, 4) is 11.5 Å². The van der Waals surface area contributed by atoms with Crippen LogP contribution in [0.15, 0.2) is 53.4 Å². The Kier molecular flexibility index (Phi) is 5.40. The smallest absolute Gasteiger partial charge is 0.270 e. The number of nitrogens with zero attached hydrogens (tertiary/aromatic N) is 1. The van der Waals surface area contributed by atoms with E-state index in [9.17, 15) is 4.79 Å². The lowest BCUT2D eigenvalue weighted by Gasteiger charge is -2.17. The Balaban J connectivity index is 1.88. The van der Waals surface area contributed by atoms with Crippen LogP contribution in [0.1, 0.15) is 12.5 Å². The molecule has 128 valence electrons. The highest BCUT2D eigenvalue weighted by Crippen LogP contribution is 2.39. The first kappa shape index (κ1) is 17.5. The van der Waals surface area contributed by atoms with Gasteiger partial charge >= 0.3 is 0 Å². The van der Waals surface area contributed by atoms with Gasteiger partial charge in [-0.3, -0.25) is 9.69 Å². The summed E-state index contributed by atoms with van der Waals surface area (Å²) >= 11 is 6.69. The number of ether oxygens (including phenoxy) is 2. The number of thioether (sulfide) groups is 1. The van der Waals surface area contributed by atoms with Crippen LogP contribution in [0.4, 0.5) is 5.69 Å². The van der Waals surface area contributed by atoms with Crippen molar-refractivity contribution in [3.63, 3.8) is 0 Å². The Morgan fingerprint density at radius 2 is 1.88 bits per heavy atom. The van der Waals surface area contributed by atoms with E-state index >= 15 is 0 Å². The minimum Gasteiger partial charge on any atom is -0.495 e. The average molecular weight is 371 g/mol. The van der Waals surface area contributed by atoms with Gasteiger partial charge in [0, 0.05) is 0 Å². The van der Waals surface area contributed by atoms with Crippen molar-refractivity contribution in [1.29, 1.82) is 0 Å². The number of thiocarbonyl (C=S) groups is 1. The molecule has 0 spiro atoms. The number of carbonyl (C=O) groups excluding carboxylic acids is 1. The second-order valence-electron chi connectivity index (χ2n) is 5.19. The normalized spacial score (nSPS) is 15.8. The molecule has 4 nitrogen and oxygen atoms in total. The van der Waals surface area contributed by atoms with Gasteiger partial charge in [0.15, 0.2) is 4.32 Å².